The smallest absolute Gasteiger partial charge is 0.307 e. The molecule has 1 aliphatic rings. The summed E-state index contributed by atoms with van der Waals surface area (Å²) < 4.78 is 10.7. The van der Waals surface area contributed by atoms with Crippen molar-refractivity contribution in [3.8, 4) is 17.6 Å². The third kappa shape index (κ3) is 5.11. The van der Waals surface area contributed by atoms with Crippen molar-refractivity contribution in [2.24, 2.45) is 0 Å². The number of rotatable bonds is 6. The number of benzene rings is 2. The predicted octanol–water partition coefficient (Wildman–Crippen LogP) is 2.67. The Labute approximate surface area is 185 Å². The van der Waals surface area contributed by atoms with Crippen molar-refractivity contribution in [3.05, 3.63) is 53.6 Å². The average Bonchev–Trinajstić information content (AvgIpc) is 2.73. The summed E-state index contributed by atoms with van der Waals surface area (Å²) in [6, 6.07) is 13.6. The van der Waals surface area contributed by atoms with Gasteiger partial charge in [0, 0.05) is 11.8 Å². The molecule has 0 saturated carbocycles. The second-order valence-corrected chi connectivity index (χ2v) is 8.47. The molecule has 1 atom stereocenters. The molecule has 31 heavy (non-hydrogen) atoms. The third-order valence-electron chi connectivity index (χ3n) is 5.63. The van der Waals surface area contributed by atoms with Crippen LogP contribution in [0, 0.1) is 11.8 Å². The summed E-state index contributed by atoms with van der Waals surface area (Å²) in [6.45, 7) is 6.09. The number of nitrogens with zero attached hydrogens (tertiary/aromatic N) is 1. The van der Waals surface area contributed by atoms with Crippen molar-refractivity contribution in [2.75, 3.05) is 18.7 Å². The number of carbonyl (C=O) groups excluding carboxylic acids is 2. The maximum atomic E-state index is 12.8. The maximum Gasteiger partial charge on any atom is 0.307 e. The molecule has 0 N–H and O–H groups in total. The quantitative estimate of drug-likeness (QED) is 0.412. The lowest BCUT2D eigenvalue weighted by Crippen LogP contribution is -2.44. The summed E-state index contributed by atoms with van der Waals surface area (Å²) >= 11 is 0. The molecule has 5 nitrogen and oxygen atoms in total. The largest absolute Gasteiger partial charge is 0.473 e. The fourth-order valence-electron chi connectivity index (χ4n) is 3.88. The fraction of sp³-hybridized carbons (Fsp3) is 0.360. The van der Waals surface area contributed by atoms with E-state index in [4.69, 9.17) is 9.47 Å². The molecule has 1 heterocycles. The van der Waals surface area contributed by atoms with E-state index in [1.165, 1.54) is 12.6 Å². The van der Waals surface area contributed by atoms with E-state index in [1.54, 1.807) is 11.8 Å². The number of anilines is 1. The molecule has 2 aromatic rings. The maximum absolute atomic E-state index is 12.8. The van der Waals surface area contributed by atoms with E-state index < -0.39 is 0 Å². The molecule has 6 heteroatoms. The Morgan fingerprint density at radius 2 is 1.94 bits per heavy atom. The minimum atomic E-state index is -0.298. The zero-order valence-electron chi connectivity index (χ0n) is 18.8. The molecule has 3 rings (SSSR count). The first-order valence-corrected chi connectivity index (χ1v) is 10.4. The Kier molecular flexibility index (Phi) is 6.75. The highest BCUT2D eigenvalue weighted by Gasteiger charge is 2.36. The summed E-state index contributed by atoms with van der Waals surface area (Å²) in [5.74, 6) is 6.09. The zero-order chi connectivity index (χ0) is 22.6. The molecule has 0 spiro atoms. The van der Waals surface area contributed by atoms with Crippen molar-refractivity contribution in [3.63, 3.8) is 0 Å². The van der Waals surface area contributed by atoms with E-state index in [2.05, 4.69) is 39.6 Å². The van der Waals surface area contributed by atoms with Crippen LogP contribution < -0.4 is 15.1 Å². The SMILES string of the molecule is Bc1ccc2c(c1)C(C)(C)CC(=O)N2COc1ccc(C(C#CC)CC(=O)OC)cc1. The van der Waals surface area contributed by atoms with Gasteiger partial charge in [-0.3, -0.25) is 14.5 Å². The van der Waals surface area contributed by atoms with Gasteiger partial charge in [-0.15, -0.1) is 5.92 Å². The summed E-state index contributed by atoms with van der Waals surface area (Å²) in [4.78, 5) is 26.2. The molecule has 0 saturated heterocycles. The van der Waals surface area contributed by atoms with Gasteiger partial charge in [0.1, 0.15) is 13.6 Å². The first kappa shape index (κ1) is 22.5. The molecule has 160 valence electrons. The van der Waals surface area contributed by atoms with Crippen molar-refractivity contribution in [1.29, 1.82) is 0 Å². The summed E-state index contributed by atoms with van der Waals surface area (Å²) in [5.41, 5.74) is 3.96. The first-order chi connectivity index (χ1) is 14.7. The summed E-state index contributed by atoms with van der Waals surface area (Å²) in [7, 11) is 3.43. The second kappa shape index (κ2) is 9.30. The molecule has 1 unspecified atom stereocenters. The number of hydrogen-bond acceptors (Lipinski definition) is 4. The molecular weight excluding hydrogens is 389 g/mol. The lowest BCUT2D eigenvalue weighted by atomic mass is 9.75. The van der Waals surface area contributed by atoms with E-state index in [0.717, 1.165) is 16.8 Å². The van der Waals surface area contributed by atoms with Crippen LogP contribution in [0.15, 0.2) is 42.5 Å². The van der Waals surface area contributed by atoms with Crippen molar-refractivity contribution in [2.45, 2.75) is 44.9 Å². The van der Waals surface area contributed by atoms with E-state index in [-0.39, 0.29) is 36.4 Å². The van der Waals surface area contributed by atoms with Crippen LogP contribution in [0.5, 0.6) is 5.75 Å². The molecule has 0 bridgehead atoms. The number of amides is 1. The Morgan fingerprint density at radius 3 is 2.58 bits per heavy atom. The van der Waals surface area contributed by atoms with Gasteiger partial charge in [0.15, 0.2) is 6.73 Å². The number of methoxy groups -OCH3 is 1. The van der Waals surface area contributed by atoms with Crippen molar-refractivity contribution >= 4 is 30.9 Å². The number of hydrogen-bond donors (Lipinski definition) is 0. The number of ether oxygens (including phenoxy) is 2. The van der Waals surface area contributed by atoms with Gasteiger partial charge in [-0.2, -0.15) is 0 Å². The van der Waals surface area contributed by atoms with Crippen LogP contribution in [0.1, 0.15) is 50.7 Å². The summed E-state index contributed by atoms with van der Waals surface area (Å²) in [6.07, 6.45) is 0.641. The molecular formula is C25H28BNO4. The van der Waals surface area contributed by atoms with E-state index >= 15 is 0 Å². The number of esters is 1. The summed E-state index contributed by atoms with van der Waals surface area (Å²) in [5, 5.41) is 0. The van der Waals surface area contributed by atoms with Crippen LogP contribution in [0.3, 0.4) is 0 Å². The Morgan fingerprint density at radius 1 is 1.23 bits per heavy atom. The molecule has 0 aliphatic carbocycles. The Hall–Kier alpha value is -3.20. The molecule has 0 aromatic heterocycles. The molecule has 2 aromatic carbocycles. The number of fused-ring (bicyclic) bond motifs is 1. The first-order valence-electron chi connectivity index (χ1n) is 10.4. The van der Waals surface area contributed by atoms with Crippen LogP contribution in [0.25, 0.3) is 0 Å². The van der Waals surface area contributed by atoms with Crippen LogP contribution >= 0.6 is 0 Å². The van der Waals surface area contributed by atoms with Crippen molar-refractivity contribution in [1.82, 2.24) is 0 Å². The Balaban J connectivity index is 1.75. The van der Waals surface area contributed by atoms with E-state index in [0.29, 0.717) is 12.2 Å². The van der Waals surface area contributed by atoms with E-state index in [1.807, 2.05) is 36.4 Å². The lowest BCUT2D eigenvalue weighted by molar-refractivity contribution is -0.140. The molecule has 1 aliphatic heterocycles. The molecule has 1 amide bonds. The van der Waals surface area contributed by atoms with Crippen LogP contribution in [0.4, 0.5) is 5.69 Å². The number of carbonyl (C=O) groups is 2. The van der Waals surface area contributed by atoms with Gasteiger partial charge in [0.05, 0.1) is 25.1 Å². The van der Waals surface area contributed by atoms with Gasteiger partial charge < -0.3 is 9.47 Å². The van der Waals surface area contributed by atoms with Crippen LogP contribution in [0.2, 0.25) is 0 Å². The second-order valence-electron chi connectivity index (χ2n) is 8.47. The van der Waals surface area contributed by atoms with E-state index in [9.17, 15) is 9.59 Å². The highest BCUT2D eigenvalue weighted by atomic mass is 16.5. The van der Waals surface area contributed by atoms with Gasteiger partial charge >= 0.3 is 5.97 Å². The third-order valence-corrected chi connectivity index (χ3v) is 5.63. The average molecular weight is 417 g/mol. The molecule has 0 radical (unpaired) electrons. The van der Waals surface area contributed by atoms with Crippen molar-refractivity contribution < 1.29 is 19.1 Å². The van der Waals surface area contributed by atoms with Gasteiger partial charge in [-0.05, 0) is 36.2 Å². The highest BCUT2D eigenvalue weighted by molar-refractivity contribution is 6.32. The van der Waals surface area contributed by atoms with Gasteiger partial charge in [0.2, 0.25) is 5.91 Å². The lowest BCUT2D eigenvalue weighted by Gasteiger charge is -2.38. The normalized spacial score (nSPS) is 15.4. The van der Waals surface area contributed by atoms with Gasteiger partial charge in [-0.1, -0.05) is 49.5 Å². The van der Waals surface area contributed by atoms with Crippen LogP contribution in [-0.2, 0) is 19.7 Å². The standard InChI is InChI=1S/C25H28BNO4/c1-5-6-18(13-24(29)30-4)17-7-10-20(11-8-17)31-16-27-22-12-9-19(26)14-21(22)25(2,3)15-23(27)28/h7-12,14,18H,13,15-16,26H2,1-4H3. The highest BCUT2D eigenvalue weighted by Crippen LogP contribution is 2.39. The Bertz CT molecular complexity index is 1030. The van der Waals surface area contributed by atoms with Gasteiger partial charge in [0.25, 0.3) is 0 Å². The predicted molar refractivity (Wildman–Crippen MR) is 125 cm³/mol. The molecule has 0 fully saturated rings. The monoisotopic (exact) mass is 417 g/mol. The van der Waals surface area contributed by atoms with Gasteiger partial charge in [-0.25, -0.2) is 0 Å². The topological polar surface area (TPSA) is 55.8 Å². The fourth-order valence-corrected chi connectivity index (χ4v) is 3.88. The minimum absolute atomic E-state index is 0.0503. The van der Waals surface area contributed by atoms with Crippen LogP contribution in [-0.4, -0.2) is 33.6 Å². The zero-order valence-corrected chi connectivity index (χ0v) is 18.8. The minimum Gasteiger partial charge on any atom is -0.473 e.